The highest BCUT2D eigenvalue weighted by molar-refractivity contribution is 6.32. The number of H-pyrrole nitrogens is 1. The van der Waals surface area contributed by atoms with E-state index < -0.39 is 0 Å². The molecule has 0 amide bonds. The van der Waals surface area contributed by atoms with E-state index >= 15 is 0 Å². The van der Waals surface area contributed by atoms with Gasteiger partial charge in [0.1, 0.15) is 18.5 Å². The summed E-state index contributed by atoms with van der Waals surface area (Å²) in [6, 6.07) is 22.5. The van der Waals surface area contributed by atoms with E-state index in [0.29, 0.717) is 39.0 Å². The number of methoxy groups -OCH3 is 1. The molecule has 0 unspecified atom stereocenters. The maximum absolute atomic E-state index is 9.68. The fraction of sp³-hybridized carbons (Fsp3) is 0.0800. The third-order valence-corrected chi connectivity index (χ3v) is 5.12. The highest BCUT2D eigenvalue weighted by Gasteiger charge is 2.14. The average molecular weight is 441 g/mol. The summed E-state index contributed by atoms with van der Waals surface area (Å²) in [7, 11) is 1.51. The van der Waals surface area contributed by atoms with E-state index in [1.54, 1.807) is 30.3 Å². The summed E-state index contributed by atoms with van der Waals surface area (Å²) in [5.74, 6) is 1.25. The number of rotatable bonds is 6. The van der Waals surface area contributed by atoms with E-state index in [1.165, 1.54) is 7.11 Å². The molecule has 3 aromatic carbocycles. The van der Waals surface area contributed by atoms with Gasteiger partial charge in [-0.15, -0.1) is 0 Å². The molecule has 0 radical (unpaired) electrons. The third-order valence-electron chi connectivity index (χ3n) is 4.84. The second-order valence-corrected chi connectivity index (χ2v) is 7.27. The van der Waals surface area contributed by atoms with Gasteiger partial charge in [-0.25, -0.2) is 4.98 Å². The van der Waals surface area contributed by atoms with Gasteiger partial charge in [-0.2, -0.15) is 10.5 Å². The quantitative estimate of drug-likeness (QED) is 0.386. The second-order valence-electron chi connectivity index (χ2n) is 6.86. The molecule has 6 nitrogen and oxygen atoms in total. The van der Waals surface area contributed by atoms with Gasteiger partial charge in [-0.3, -0.25) is 0 Å². The summed E-state index contributed by atoms with van der Waals surface area (Å²) in [6.45, 7) is 0.164. The molecule has 7 heteroatoms. The second kappa shape index (κ2) is 9.26. The minimum Gasteiger partial charge on any atom is -0.493 e. The number of nitrogens with one attached hydrogen (secondary N) is 1. The molecular formula is C25H17ClN4O2. The van der Waals surface area contributed by atoms with E-state index in [0.717, 1.165) is 16.6 Å². The molecule has 0 aliphatic carbocycles. The molecule has 0 aliphatic rings. The topological polar surface area (TPSA) is 94.7 Å². The zero-order valence-electron chi connectivity index (χ0n) is 17.1. The van der Waals surface area contributed by atoms with Crippen LogP contribution < -0.4 is 9.47 Å². The van der Waals surface area contributed by atoms with Crippen molar-refractivity contribution in [3.05, 3.63) is 88.2 Å². The Balaban J connectivity index is 1.65. The molecule has 4 rings (SSSR count). The number of aromatic nitrogens is 2. The molecule has 0 bridgehead atoms. The van der Waals surface area contributed by atoms with Gasteiger partial charge in [-0.1, -0.05) is 41.9 Å². The predicted octanol–water partition coefficient (Wildman–Crippen LogP) is 5.74. The van der Waals surface area contributed by atoms with Crippen LogP contribution in [0.2, 0.25) is 5.02 Å². The van der Waals surface area contributed by atoms with Crippen LogP contribution in [-0.4, -0.2) is 17.1 Å². The zero-order chi connectivity index (χ0) is 22.5. The molecule has 1 N–H and O–H groups in total. The van der Waals surface area contributed by atoms with Crippen molar-refractivity contribution < 1.29 is 9.47 Å². The lowest BCUT2D eigenvalue weighted by molar-refractivity contribution is 0.284. The van der Waals surface area contributed by atoms with Gasteiger partial charge in [0.25, 0.3) is 0 Å². The van der Waals surface area contributed by atoms with Crippen molar-refractivity contribution in [1.29, 1.82) is 10.5 Å². The molecule has 0 atom stereocenters. The first-order valence-corrected chi connectivity index (χ1v) is 10.1. The molecular weight excluding hydrogens is 424 g/mol. The summed E-state index contributed by atoms with van der Waals surface area (Å²) in [5, 5.41) is 19.3. The van der Waals surface area contributed by atoms with E-state index in [2.05, 4.69) is 22.1 Å². The summed E-state index contributed by atoms with van der Waals surface area (Å²) in [6.07, 6.45) is 1.68. The maximum atomic E-state index is 9.68. The number of hydrogen-bond acceptors (Lipinski definition) is 5. The van der Waals surface area contributed by atoms with Gasteiger partial charge >= 0.3 is 0 Å². The Morgan fingerprint density at radius 2 is 1.91 bits per heavy atom. The molecule has 0 aliphatic heterocycles. The lowest BCUT2D eigenvalue weighted by atomic mass is 10.1. The zero-order valence-corrected chi connectivity index (χ0v) is 17.8. The first kappa shape index (κ1) is 21.0. The van der Waals surface area contributed by atoms with Gasteiger partial charge in [0, 0.05) is 5.56 Å². The van der Waals surface area contributed by atoms with Crippen molar-refractivity contribution in [3.8, 4) is 23.6 Å². The number of imidazole rings is 1. The number of fused-ring (bicyclic) bond motifs is 1. The smallest absolute Gasteiger partial charge is 0.180 e. The summed E-state index contributed by atoms with van der Waals surface area (Å²) >= 11 is 6.48. The molecule has 0 spiro atoms. The van der Waals surface area contributed by atoms with Crippen molar-refractivity contribution in [3.63, 3.8) is 0 Å². The van der Waals surface area contributed by atoms with Crippen molar-refractivity contribution in [1.82, 2.24) is 9.97 Å². The fourth-order valence-electron chi connectivity index (χ4n) is 3.27. The van der Waals surface area contributed by atoms with Crippen LogP contribution in [-0.2, 0) is 6.61 Å². The first-order chi connectivity index (χ1) is 15.6. The molecule has 32 heavy (non-hydrogen) atoms. The molecule has 1 heterocycles. The van der Waals surface area contributed by atoms with Gasteiger partial charge in [0.15, 0.2) is 11.5 Å². The van der Waals surface area contributed by atoms with Crippen molar-refractivity contribution in [2.75, 3.05) is 7.11 Å². The van der Waals surface area contributed by atoms with E-state index in [9.17, 15) is 10.5 Å². The molecule has 0 saturated carbocycles. The largest absolute Gasteiger partial charge is 0.493 e. The lowest BCUT2D eigenvalue weighted by Crippen LogP contribution is -2.01. The number of nitrogens with zero attached hydrogens (tertiary/aromatic N) is 3. The minimum atomic E-state index is 0.164. The predicted molar refractivity (Wildman–Crippen MR) is 123 cm³/mol. The summed E-state index contributed by atoms with van der Waals surface area (Å²) < 4.78 is 11.4. The van der Waals surface area contributed by atoms with Crippen LogP contribution in [0, 0.1) is 22.7 Å². The van der Waals surface area contributed by atoms with Crippen LogP contribution in [0.3, 0.4) is 0 Å². The number of hydrogen-bond donors (Lipinski definition) is 1. The number of halogens is 1. The van der Waals surface area contributed by atoms with Crippen molar-refractivity contribution in [2.45, 2.75) is 6.61 Å². The Labute approximate surface area is 189 Å². The Hall–Kier alpha value is -4.26. The van der Waals surface area contributed by atoms with Gasteiger partial charge in [0.05, 0.1) is 40.4 Å². The molecule has 156 valence electrons. The molecule has 0 saturated heterocycles. The number of para-hydroxylation sites is 2. The monoisotopic (exact) mass is 440 g/mol. The molecule has 1 aromatic heterocycles. The Bertz CT molecular complexity index is 1380. The normalized spacial score (nSPS) is 11.1. The van der Waals surface area contributed by atoms with Crippen LogP contribution >= 0.6 is 11.6 Å². The van der Waals surface area contributed by atoms with Crippen LogP contribution in [0.4, 0.5) is 0 Å². The van der Waals surface area contributed by atoms with Crippen LogP contribution in [0.5, 0.6) is 11.5 Å². The number of aromatic amines is 1. The summed E-state index contributed by atoms with van der Waals surface area (Å²) in [5.41, 5.74) is 3.92. The van der Waals surface area contributed by atoms with Crippen molar-refractivity contribution >= 4 is 34.3 Å². The van der Waals surface area contributed by atoms with Crippen LogP contribution in [0.15, 0.2) is 60.7 Å². The standard InChI is InChI=1S/C25H17ClN4O2/c1-31-23-12-16(10-19(14-28)25-29-21-8-4-5-9-22(21)30-25)11-20(26)24(23)32-15-18-7-3-2-6-17(18)13-27/h2-12H,15H2,1H3,(H,29,30). The van der Waals surface area contributed by atoms with E-state index in [-0.39, 0.29) is 6.61 Å². The van der Waals surface area contributed by atoms with Gasteiger partial charge in [-0.05, 0) is 42.0 Å². The molecule has 4 aromatic rings. The SMILES string of the molecule is COc1cc(C=C(C#N)c2nc3ccccc3[nH]2)cc(Cl)c1OCc1ccccc1C#N. The highest BCUT2D eigenvalue weighted by Crippen LogP contribution is 2.38. The van der Waals surface area contributed by atoms with Crippen LogP contribution in [0.25, 0.3) is 22.7 Å². The fourth-order valence-corrected chi connectivity index (χ4v) is 3.54. The van der Waals surface area contributed by atoms with Gasteiger partial charge < -0.3 is 14.5 Å². The third kappa shape index (κ3) is 4.27. The Kier molecular flexibility index (Phi) is 6.07. The van der Waals surface area contributed by atoms with Gasteiger partial charge in [0.2, 0.25) is 0 Å². The maximum Gasteiger partial charge on any atom is 0.180 e. The number of benzene rings is 3. The Morgan fingerprint density at radius 1 is 1.12 bits per heavy atom. The minimum absolute atomic E-state index is 0.164. The molecule has 0 fully saturated rings. The lowest BCUT2D eigenvalue weighted by Gasteiger charge is -2.14. The van der Waals surface area contributed by atoms with Crippen LogP contribution in [0.1, 0.15) is 22.5 Å². The van der Waals surface area contributed by atoms with Crippen molar-refractivity contribution in [2.24, 2.45) is 0 Å². The average Bonchev–Trinajstić information content (AvgIpc) is 3.25. The number of nitriles is 2. The summed E-state index contributed by atoms with van der Waals surface area (Å²) in [4.78, 5) is 7.63. The first-order valence-electron chi connectivity index (χ1n) is 9.68. The highest BCUT2D eigenvalue weighted by atomic mass is 35.5. The van der Waals surface area contributed by atoms with E-state index in [4.69, 9.17) is 21.1 Å². The van der Waals surface area contributed by atoms with E-state index in [1.807, 2.05) is 36.4 Å². The Morgan fingerprint density at radius 3 is 2.66 bits per heavy atom. The number of allylic oxidation sites excluding steroid dienone is 1. The number of ether oxygens (including phenoxy) is 2.